The number of hydrogen-bond donors (Lipinski definition) is 2. The molecular formula is C24H40N4. The topological polar surface area (TPSA) is 67.6 Å². The minimum atomic E-state index is 0.856. The molecule has 0 saturated heterocycles. The Hall–Kier alpha value is -1.68. The molecule has 3 N–H and O–H groups in total. The number of nitrogens with zero attached hydrogens (tertiary/aromatic N) is 2. The van der Waals surface area contributed by atoms with E-state index in [1.54, 1.807) is 0 Å². The number of nitrogens with two attached hydrogens (primary N) is 1. The zero-order valence-corrected chi connectivity index (χ0v) is 17.7. The van der Waals surface area contributed by atoms with Crippen LogP contribution in [-0.4, -0.2) is 22.0 Å². The standard InChI is InChI=1S/C24H40N4/c25-21-17-12-10-8-6-4-2-1-3-5-7-9-11-16-20-23-24(27-28-26-23)22-18-14-13-15-19-22/h13-15,18-19H,1-12,16-17,20-21,25H2,(H,26,27,28). The predicted molar refractivity (Wildman–Crippen MR) is 119 cm³/mol. The van der Waals surface area contributed by atoms with Gasteiger partial charge < -0.3 is 5.73 Å². The van der Waals surface area contributed by atoms with Crippen LogP contribution in [0.4, 0.5) is 0 Å². The number of rotatable bonds is 17. The van der Waals surface area contributed by atoms with E-state index in [9.17, 15) is 0 Å². The van der Waals surface area contributed by atoms with Gasteiger partial charge in [0.05, 0.1) is 5.69 Å². The van der Waals surface area contributed by atoms with Gasteiger partial charge in [0, 0.05) is 5.56 Å². The molecule has 156 valence electrons. The Morgan fingerprint density at radius 1 is 0.607 bits per heavy atom. The average Bonchev–Trinajstić information content (AvgIpc) is 3.20. The summed E-state index contributed by atoms with van der Waals surface area (Å²) < 4.78 is 0. The lowest BCUT2D eigenvalue weighted by atomic mass is 10.0. The molecule has 0 amide bonds. The van der Waals surface area contributed by atoms with Crippen molar-refractivity contribution in [2.24, 2.45) is 5.73 Å². The smallest absolute Gasteiger partial charge is 0.115 e. The Bertz CT molecular complexity index is 594. The van der Waals surface area contributed by atoms with E-state index in [1.165, 1.54) is 89.9 Å². The Kier molecular flexibility index (Phi) is 12.3. The maximum absolute atomic E-state index is 5.52. The van der Waals surface area contributed by atoms with E-state index in [-0.39, 0.29) is 0 Å². The van der Waals surface area contributed by atoms with E-state index < -0.39 is 0 Å². The van der Waals surface area contributed by atoms with Crippen LogP contribution < -0.4 is 5.73 Å². The Balaban J connectivity index is 1.40. The van der Waals surface area contributed by atoms with Gasteiger partial charge in [-0.15, -0.1) is 0 Å². The molecular weight excluding hydrogens is 344 g/mol. The Morgan fingerprint density at radius 2 is 1.11 bits per heavy atom. The van der Waals surface area contributed by atoms with Crippen molar-refractivity contribution in [3.63, 3.8) is 0 Å². The molecule has 4 heteroatoms. The SMILES string of the molecule is NCCCCCCCCCCCCCCCCc1n[nH]nc1-c1ccccc1. The molecule has 0 saturated carbocycles. The summed E-state index contributed by atoms with van der Waals surface area (Å²) in [7, 11) is 0. The van der Waals surface area contributed by atoms with Crippen molar-refractivity contribution in [2.75, 3.05) is 6.54 Å². The molecule has 0 atom stereocenters. The number of hydrogen-bond acceptors (Lipinski definition) is 3. The second-order valence-electron chi connectivity index (χ2n) is 7.97. The van der Waals surface area contributed by atoms with Gasteiger partial charge in [-0.1, -0.05) is 107 Å². The first-order valence-electron chi connectivity index (χ1n) is 11.6. The number of aromatic nitrogens is 3. The van der Waals surface area contributed by atoms with Crippen LogP contribution in [0.5, 0.6) is 0 Å². The minimum absolute atomic E-state index is 0.856. The third kappa shape index (κ3) is 9.50. The van der Waals surface area contributed by atoms with Gasteiger partial charge in [-0.05, 0) is 25.8 Å². The third-order valence-corrected chi connectivity index (χ3v) is 5.54. The van der Waals surface area contributed by atoms with Crippen LogP contribution in [0.15, 0.2) is 30.3 Å². The number of aryl methyl sites for hydroxylation is 1. The molecule has 0 aliphatic rings. The van der Waals surface area contributed by atoms with Gasteiger partial charge in [0.15, 0.2) is 0 Å². The second kappa shape index (κ2) is 15.3. The summed E-state index contributed by atoms with van der Waals surface area (Å²) in [5.41, 5.74) is 8.79. The molecule has 0 unspecified atom stereocenters. The Labute approximate surface area is 171 Å². The highest BCUT2D eigenvalue weighted by atomic mass is 15.3. The molecule has 0 fully saturated rings. The summed E-state index contributed by atoms with van der Waals surface area (Å²) in [6, 6.07) is 10.3. The van der Waals surface area contributed by atoms with Crippen molar-refractivity contribution in [1.29, 1.82) is 0 Å². The molecule has 0 spiro atoms. The molecule has 1 heterocycles. The summed E-state index contributed by atoms with van der Waals surface area (Å²) in [6.45, 7) is 0.856. The molecule has 0 aliphatic carbocycles. The van der Waals surface area contributed by atoms with Gasteiger partial charge in [0.25, 0.3) is 0 Å². The van der Waals surface area contributed by atoms with E-state index in [0.717, 1.165) is 29.9 Å². The van der Waals surface area contributed by atoms with Crippen molar-refractivity contribution in [2.45, 2.75) is 96.3 Å². The molecule has 2 aromatic rings. The van der Waals surface area contributed by atoms with Crippen LogP contribution in [-0.2, 0) is 6.42 Å². The lowest BCUT2D eigenvalue weighted by Crippen LogP contribution is -1.97. The predicted octanol–water partition coefficient (Wildman–Crippen LogP) is 6.43. The zero-order chi connectivity index (χ0) is 19.7. The highest BCUT2D eigenvalue weighted by molar-refractivity contribution is 5.60. The lowest BCUT2D eigenvalue weighted by molar-refractivity contribution is 0.533. The zero-order valence-electron chi connectivity index (χ0n) is 17.7. The Morgan fingerprint density at radius 3 is 1.64 bits per heavy atom. The average molecular weight is 385 g/mol. The van der Waals surface area contributed by atoms with E-state index in [1.807, 2.05) is 6.07 Å². The summed E-state index contributed by atoms with van der Waals surface area (Å²) in [5, 5.41) is 11.5. The second-order valence-corrected chi connectivity index (χ2v) is 7.97. The summed E-state index contributed by atoms with van der Waals surface area (Å²) in [5.74, 6) is 0. The quantitative estimate of drug-likeness (QED) is 0.309. The number of unbranched alkanes of at least 4 members (excludes halogenated alkanes) is 13. The van der Waals surface area contributed by atoms with Gasteiger partial charge in [-0.2, -0.15) is 15.4 Å². The molecule has 2 rings (SSSR count). The monoisotopic (exact) mass is 384 g/mol. The van der Waals surface area contributed by atoms with Crippen molar-refractivity contribution < 1.29 is 0 Å². The van der Waals surface area contributed by atoms with Crippen LogP contribution in [0.3, 0.4) is 0 Å². The van der Waals surface area contributed by atoms with Crippen molar-refractivity contribution in [3.8, 4) is 11.3 Å². The van der Waals surface area contributed by atoms with E-state index in [2.05, 4.69) is 39.7 Å². The number of benzene rings is 1. The molecule has 28 heavy (non-hydrogen) atoms. The van der Waals surface area contributed by atoms with Crippen molar-refractivity contribution >= 4 is 0 Å². The summed E-state index contributed by atoms with van der Waals surface area (Å²) in [6.07, 6.45) is 20.0. The first-order chi connectivity index (χ1) is 13.9. The van der Waals surface area contributed by atoms with E-state index in [4.69, 9.17) is 5.73 Å². The third-order valence-electron chi connectivity index (χ3n) is 5.54. The lowest BCUT2D eigenvalue weighted by Gasteiger charge is -2.04. The van der Waals surface area contributed by atoms with Crippen LogP contribution in [0, 0.1) is 0 Å². The largest absolute Gasteiger partial charge is 0.330 e. The fourth-order valence-electron chi connectivity index (χ4n) is 3.81. The number of aromatic amines is 1. The normalized spacial score (nSPS) is 11.2. The van der Waals surface area contributed by atoms with Crippen LogP contribution in [0.2, 0.25) is 0 Å². The molecule has 0 aliphatic heterocycles. The van der Waals surface area contributed by atoms with Gasteiger partial charge in [0.1, 0.15) is 5.69 Å². The molecule has 0 bridgehead atoms. The molecule has 1 aromatic heterocycles. The van der Waals surface area contributed by atoms with Gasteiger partial charge >= 0.3 is 0 Å². The number of H-pyrrole nitrogens is 1. The highest BCUT2D eigenvalue weighted by Crippen LogP contribution is 2.21. The molecule has 1 aromatic carbocycles. The molecule has 0 radical (unpaired) electrons. The van der Waals surface area contributed by atoms with Gasteiger partial charge in [0.2, 0.25) is 0 Å². The van der Waals surface area contributed by atoms with E-state index >= 15 is 0 Å². The first-order valence-corrected chi connectivity index (χ1v) is 11.6. The first kappa shape index (κ1) is 22.6. The van der Waals surface area contributed by atoms with E-state index in [0.29, 0.717) is 0 Å². The minimum Gasteiger partial charge on any atom is -0.330 e. The van der Waals surface area contributed by atoms with Gasteiger partial charge in [-0.25, -0.2) is 0 Å². The fraction of sp³-hybridized carbons (Fsp3) is 0.667. The maximum Gasteiger partial charge on any atom is 0.115 e. The highest BCUT2D eigenvalue weighted by Gasteiger charge is 2.09. The number of nitrogens with one attached hydrogen (secondary N) is 1. The summed E-state index contributed by atoms with van der Waals surface area (Å²) in [4.78, 5) is 0. The molecule has 4 nitrogen and oxygen atoms in total. The van der Waals surface area contributed by atoms with Crippen LogP contribution in [0.25, 0.3) is 11.3 Å². The maximum atomic E-state index is 5.52. The fourth-order valence-corrected chi connectivity index (χ4v) is 3.81. The van der Waals surface area contributed by atoms with Crippen molar-refractivity contribution in [1.82, 2.24) is 15.4 Å². The summed E-state index contributed by atoms with van der Waals surface area (Å²) >= 11 is 0. The van der Waals surface area contributed by atoms with Crippen LogP contribution >= 0.6 is 0 Å². The van der Waals surface area contributed by atoms with Crippen LogP contribution in [0.1, 0.15) is 95.6 Å². The van der Waals surface area contributed by atoms with Crippen molar-refractivity contribution in [3.05, 3.63) is 36.0 Å². The van der Waals surface area contributed by atoms with Gasteiger partial charge in [-0.3, -0.25) is 0 Å².